The summed E-state index contributed by atoms with van der Waals surface area (Å²) in [7, 11) is 2.15. The predicted octanol–water partition coefficient (Wildman–Crippen LogP) is 0.612. The van der Waals surface area contributed by atoms with Crippen LogP contribution in [0.4, 0.5) is 0 Å². The molecule has 0 bridgehead atoms. The number of rotatable bonds is 6. The minimum absolute atomic E-state index is 0.00886. The van der Waals surface area contributed by atoms with Crippen molar-refractivity contribution in [1.29, 1.82) is 0 Å². The fourth-order valence-electron chi connectivity index (χ4n) is 2.73. The first-order valence-corrected chi connectivity index (χ1v) is 7.81. The van der Waals surface area contributed by atoms with Crippen molar-refractivity contribution < 1.29 is 4.79 Å². The summed E-state index contributed by atoms with van der Waals surface area (Å²) in [6, 6.07) is 0. The standard InChI is InChI=1S/C15H27N5O/c1-12-14(11-18-20(12)7-3-6-16)15(21)17-10-13-4-8-19(2)9-5-13/h11,13H,3-10,16H2,1-2H3,(H,17,21). The second-order valence-electron chi connectivity index (χ2n) is 5.97. The van der Waals surface area contributed by atoms with Crippen molar-refractivity contribution in [2.45, 2.75) is 32.7 Å². The van der Waals surface area contributed by atoms with E-state index >= 15 is 0 Å². The Kier molecular flexibility index (Phi) is 5.76. The molecule has 6 heteroatoms. The van der Waals surface area contributed by atoms with E-state index in [1.165, 1.54) is 0 Å². The molecule has 0 unspecified atom stereocenters. The lowest BCUT2D eigenvalue weighted by molar-refractivity contribution is 0.0938. The fraction of sp³-hybridized carbons (Fsp3) is 0.733. The van der Waals surface area contributed by atoms with Crippen molar-refractivity contribution in [2.24, 2.45) is 11.7 Å². The molecular weight excluding hydrogens is 266 g/mol. The summed E-state index contributed by atoms with van der Waals surface area (Å²) in [5.41, 5.74) is 7.11. The summed E-state index contributed by atoms with van der Waals surface area (Å²) in [6.45, 7) is 6.35. The third-order valence-electron chi connectivity index (χ3n) is 4.31. The van der Waals surface area contributed by atoms with E-state index in [4.69, 9.17) is 5.73 Å². The van der Waals surface area contributed by atoms with Crippen LogP contribution in [0.1, 0.15) is 35.3 Å². The normalized spacial score (nSPS) is 17.1. The van der Waals surface area contributed by atoms with Crippen LogP contribution in [0.3, 0.4) is 0 Å². The zero-order chi connectivity index (χ0) is 15.2. The fourth-order valence-corrected chi connectivity index (χ4v) is 2.73. The van der Waals surface area contributed by atoms with Crippen LogP contribution in [-0.4, -0.2) is 53.8 Å². The highest BCUT2D eigenvalue weighted by molar-refractivity contribution is 5.95. The minimum atomic E-state index is -0.00886. The van der Waals surface area contributed by atoms with Gasteiger partial charge in [0.15, 0.2) is 0 Å². The zero-order valence-electron chi connectivity index (χ0n) is 13.1. The Hall–Kier alpha value is -1.40. The summed E-state index contributed by atoms with van der Waals surface area (Å²) < 4.78 is 1.86. The van der Waals surface area contributed by atoms with E-state index in [-0.39, 0.29) is 5.91 Å². The number of hydrogen-bond acceptors (Lipinski definition) is 4. The molecule has 1 aliphatic heterocycles. The van der Waals surface area contributed by atoms with Crippen LogP contribution in [0.25, 0.3) is 0 Å². The van der Waals surface area contributed by atoms with Crippen molar-refractivity contribution in [3.63, 3.8) is 0 Å². The van der Waals surface area contributed by atoms with E-state index in [0.29, 0.717) is 18.0 Å². The molecule has 1 aliphatic rings. The van der Waals surface area contributed by atoms with E-state index in [2.05, 4.69) is 22.4 Å². The van der Waals surface area contributed by atoms with Gasteiger partial charge in [-0.3, -0.25) is 9.48 Å². The van der Waals surface area contributed by atoms with Gasteiger partial charge in [-0.15, -0.1) is 0 Å². The minimum Gasteiger partial charge on any atom is -0.352 e. The molecule has 21 heavy (non-hydrogen) atoms. The molecule has 2 rings (SSSR count). The third-order valence-corrected chi connectivity index (χ3v) is 4.31. The molecule has 0 aromatic carbocycles. The third kappa shape index (κ3) is 4.28. The Morgan fingerprint density at radius 1 is 1.48 bits per heavy atom. The predicted molar refractivity (Wildman–Crippen MR) is 83.2 cm³/mol. The molecule has 1 amide bonds. The van der Waals surface area contributed by atoms with E-state index in [1.807, 2.05) is 11.6 Å². The first-order valence-electron chi connectivity index (χ1n) is 7.81. The van der Waals surface area contributed by atoms with E-state index in [0.717, 1.165) is 51.1 Å². The Labute approximate surface area is 126 Å². The molecule has 3 N–H and O–H groups in total. The van der Waals surface area contributed by atoms with Crippen LogP contribution < -0.4 is 11.1 Å². The van der Waals surface area contributed by atoms with Crippen LogP contribution in [-0.2, 0) is 6.54 Å². The summed E-state index contributed by atoms with van der Waals surface area (Å²) in [5.74, 6) is 0.586. The zero-order valence-corrected chi connectivity index (χ0v) is 13.1. The smallest absolute Gasteiger partial charge is 0.254 e. The second kappa shape index (κ2) is 7.56. The van der Waals surface area contributed by atoms with Crippen LogP contribution in [0.2, 0.25) is 0 Å². The molecule has 1 fully saturated rings. The van der Waals surface area contributed by atoms with Crippen molar-refractivity contribution in [1.82, 2.24) is 20.0 Å². The van der Waals surface area contributed by atoms with Gasteiger partial charge in [-0.25, -0.2) is 0 Å². The Morgan fingerprint density at radius 3 is 2.86 bits per heavy atom. The highest BCUT2D eigenvalue weighted by atomic mass is 16.1. The average Bonchev–Trinajstić information content (AvgIpc) is 2.85. The van der Waals surface area contributed by atoms with E-state index in [9.17, 15) is 4.79 Å². The van der Waals surface area contributed by atoms with Gasteiger partial charge in [0.05, 0.1) is 11.8 Å². The van der Waals surface area contributed by atoms with Crippen LogP contribution in [0.15, 0.2) is 6.20 Å². The summed E-state index contributed by atoms with van der Waals surface area (Å²) >= 11 is 0. The van der Waals surface area contributed by atoms with Crippen LogP contribution in [0.5, 0.6) is 0 Å². The number of amides is 1. The molecule has 0 radical (unpaired) electrons. The van der Waals surface area contributed by atoms with Crippen molar-refractivity contribution in [3.8, 4) is 0 Å². The van der Waals surface area contributed by atoms with Gasteiger partial charge in [-0.05, 0) is 58.8 Å². The molecule has 0 saturated carbocycles. The van der Waals surface area contributed by atoms with Gasteiger partial charge in [0, 0.05) is 18.8 Å². The number of piperidine rings is 1. The highest BCUT2D eigenvalue weighted by Crippen LogP contribution is 2.15. The first-order chi connectivity index (χ1) is 10.1. The lowest BCUT2D eigenvalue weighted by atomic mass is 9.97. The molecule has 6 nitrogen and oxygen atoms in total. The number of likely N-dealkylation sites (tertiary alicyclic amines) is 1. The molecule has 0 spiro atoms. The van der Waals surface area contributed by atoms with E-state index < -0.39 is 0 Å². The summed E-state index contributed by atoms with van der Waals surface area (Å²) in [6.07, 6.45) is 4.85. The Balaban J connectivity index is 1.84. The maximum Gasteiger partial charge on any atom is 0.254 e. The molecule has 1 aromatic rings. The van der Waals surface area contributed by atoms with E-state index in [1.54, 1.807) is 6.20 Å². The number of nitrogens with one attached hydrogen (secondary N) is 1. The number of nitrogens with zero attached hydrogens (tertiary/aromatic N) is 3. The quantitative estimate of drug-likeness (QED) is 0.806. The lowest BCUT2D eigenvalue weighted by Gasteiger charge is -2.28. The van der Waals surface area contributed by atoms with Crippen molar-refractivity contribution in [2.75, 3.05) is 33.2 Å². The topological polar surface area (TPSA) is 76.2 Å². The molecule has 1 aromatic heterocycles. The van der Waals surface area contributed by atoms with Gasteiger partial charge < -0.3 is 16.0 Å². The monoisotopic (exact) mass is 293 g/mol. The van der Waals surface area contributed by atoms with Gasteiger partial charge in [-0.2, -0.15) is 5.10 Å². The molecule has 118 valence electrons. The van der Waals surface area contributed by atoms with Gasteiger partial charge in [0.1, 0.15) is 0 Å². The summed E-state index contributed by atoms with van der Waals surface area (Å²) in [4.78, 5) is 14.6. The highest BCUT2D eigenvalue weighted by Gasteiger charge is 2.19. The Morgan fingerprint density at radius 2 is 2.19 bits per heavy atom. The number of nitrogens with two attached hydrogens (primary N) is 1. The molecule has 1 saturated heterocycles. The number of hydrogen-bond donors (Lipinski definition) is 2. The van der Waals surface area contributed by atoms with Crippen LogP contribution in [0, 0.1) is 12.8 Å². The molecule has 0 atom stereocenters. The Bertz CT molecular complexity index is 463. The number of aromatic nitrogens is 2. The molecule has 0 aliphatic carbocycles. The number of carbonyl (C=O) groups is 1. The van der Waals surface area contributed by atoms with Crippen molar-refractivity contribution in [3.05, 3.63) is 17.5 Å². The van der Waals surface area contributed by atoms with Gasteiger partial charge in [0.2, 0.25) is 0 Å². The van der Waals surface area contributed by atoms with Crippen molar-refractivity contribution >= 4 is 5.91 Å². The largest absolute Gasteiger partial charge is 0.352 e. The number of aryl methyl sites for hydroxylation is 1. The SMILES string of the molecule is Cc1c(C(=O)NCC2CCN(C)CC2)cnn1CCCN. The average molecular weight is 293 g/mol. The number of carbonyl (C=O) groups excluding carboxylic acids is 1. The molecular formula is C15H27N5O. The van der Waals surface area contributed by atoms with Gasteiger partial charge in [-0.1, -0.05) is 0 Å². The maximum absolute atomic E-state index is 12.3. The van der Waals surface area contributed by atoms with Gasteiger partial charge >= 0.3 is 0 Å². The second-order valence-corrected chi connectivity index (χ2v) is 5.97. The van der Waals surface area contributed by atoms with Crippen LogP contribution >= 0.6 is 0 Å². The molecule has 2 heterocycles. The lowest BCUT2D eigenvalue weighted by Crippen LogP contribution is -2.37. The van der Waals surface area contributed by atoms with Gasteiger partial charge in [0.25, 0.3) is 5.91 Å². The summed E-state index contributed by atoms with van der Waals surface area (Å²) in [5, 5.41) is 7.33. The maximum atomic E-state index is 12.3. The first kappa shape index (κ1) is 16.0.